The van der Waals surface area contributed by atoms with Crippen LogP contribution in [0.15, 0.2) is 35.8 Å². The minimum atomic E-state index is -9.32. The van der Waals surface area contributed by atoms with Crippen molar-refractivity contribution in [3.63, 3.8) is 0 Å². The molecule has 0 saturated heterocycles. The van der Waals surface area contributed by atoms with Crippen LogP contribution in [0.25, 0.3) is 0 Å². The van der Waals surface area contributed by atoms with Gasteiger partial charge in [-0.25, -0.2) is 0 Å². The average Bonchev–Trinajstić information content (AvgIpc) is 2.45. The second kappa shape index (κ2) is 15.1. The highest BCUT2D eigenvalue weighted by molar-refractivity contribution is 8.48. The fraction of sp³-hybridized carbons (Fsp3) is 0.625. The maximum atomic E-state index is 11.8. The van der Waals surface area contributed by atoms with Gasteiger partial charge >= 0.3 is 10.2 Å². The fourth-order valence-electron chi connectivity index (χ4n) is 0.836. The van der Waals surface area contributed by atoms with Gasteiger partial charge in [-0.2, -0.15) is 0 Å². The van der Waals surface area contributed by atoms with Gasteiger partial charge in [0.1, 0.15) is 0 Å². The van der Waals surface area contributed by atoms with Gasteiger partial charge in [-0.15, -0.1) is 0 Å². The zero-order valence-corrected chi connectivity index (χ0v) is 16.3. The van der Waals surface area contributed by atoms with E-state index < -0.39 is 21.5 Å². The fourth-order valence-corrected chi connectivity index (χ4v) is 1.83. The lowest BCUT2D eigenvalue weighted by Gasteiger charge is -2.42. The first-order valence-corrected chi connectivity index (χ1v) is 9.51. The molecule has 0 aromatic rings. The molecule has 0 aromatic heterocycles. The Bertz CT molecular complexity index is 286. The molecule has 0 bridgehead atoms. The van der Waals surface area contributed by atoms with Gasteiger partial charge in [0.15, 0.2) is 0 Å². The summed E-state index contributed by atoms with van der Waals surface area (Å²) in [5.41, 5.74) is 0. The second-order valence-electron chi connectivity index (χ2n) is 2.84. The first-order valence-electron chi connectivity index (χ1n) is 7.55. The number of allylic oxidation sites excluding steroid dienone is 5. The normalized spacial score (nSPS) is 13.3. The second-order valence-corrected chi connectivity index (χ2v) is 5.30. The van der Waals surface area contributed by atoms with E-state index in [2.05, 4.69) is 6.58 Å². The Balaban J connectivity index is -0.0000000733. The maximum Gasteiger partial charge on any atom is 0.306 e. The van der Waals surface area contributed by atoms with E-state index in [0.29, 0.717) is 6.08 Å². The van der Waals surface area contributed by atoms with Crippen molar-refractivity contribution in [2.75, 3.05) is 0 Å². The van der Waals surface area contributed by atoms with Crippen molar-refractivity contribution in [3.05, 3.63) is 35.8 Å². The molecule has 6 heteroatoms. The highest BCUT2D eigenvalue weighted by Crippen LogP contribution is 3.02. The molecule has 0 spiro atoms. The molecule has 0 aliphatic carbocycles. The Morgan fingerprint density at radius 1 is 0.864 bits per heavy atom. The van der Waals surface area contributed by atoms with E-state index >= 15 is 0 Å². The monoisotopic (exact) mass is 354 g/mol. The molecule has 0 unspecified atom stereocenters. The predicted molar refractivity (Wildman–Crippen MR) is 96.2 cm³/mol. The minimum absolute atomic E-state index is 0.418. The summed E-state index contributed by atoms with van der Waals surface area (Å²) in [5, 5.41) is 0. The topological polar surface area (TPSA) is 0 Å². The molecular weight excluding hydrogens is 319 g/mol. The number of halogens is 5. The zero-order valence-electron chi connectivity index (χ0n) is 15.5. The lowest BCUT2D eigenvalue weighted by Crippen LogP contribution is -2.07. The Hall–Kier alpha value is -0.780. The summed E-state index contributed by atoms with van der Waals surface area (Å²) in [5.74, 6) is 0. The SMILES string of the molecule is C/C=C(\CC)S(F)(F)(F)(F)F.C=C/C=C\C.CC.CC.CC. The average molecular weight is 355 g/mol. The number of hydrogen-bond acceptors (Lipinski definition) is 0. The van der Waals surface area contributed by atoms with Crippen LogP contribution in [0.3, 0.4) is 0 Å². The summed E-state index contributed by atoms with van der Waals surface area (Å²) < 4.78 is 59.1. The van der Waals surface area contributed by atoms with E-state index in [1.54, 1.807) is 6.08 Å². The molecule has 0 aliphatic rings. The summed E-state index contributed by atoms with van der Waals surface area (Å²) in [4.78, 5) is -1.70. The molecule has 140 valence electrons. The van der Waals surface area contributed by atoms with E-state index in [9.17, 15) is 19.4 Å². The van der Waals surface area contributed by atoms with Gasteiger partial charge < -0.3 is 0 Å². The standard InChI is InChI=1S/C5H9F5S.C5H8.3C2H6/c1-3-5(4-2)11(6,7,8,9)10;1-3-5-4-2;3*1-2/h3H,4H2,1-2H3;3-5H,1H2,2H3;3*1-2H3/b5-3+;5-4-;;;. The van der Waals surface area contributed by atoms with Crippen molar-refractivity contribution in [1.29, 1.82) is 0 Å². The van der Waals surface area contributed by atoms with Crippen molar-refractivity contribution in [3.8, 4) is 0 Å². The summed E-state index contributed by atoms with van der Waals surface area (Å²) >= 11 is 0. The summed E-state index contributed by atoms with van der Waals surface area (Å²) in [6.07, 6.45) is 5.31. The lowest BCUT2D eigenvalue weighted by molar-refractivity contribution is 0.376. The molecule has 0 rings (SSSR count). The van der Waals surface area contributed by atoms with Crippen molar-refractivity contribution in [2.24, 2.45) is 0 Å². The van der Waals surface area contributed by atoms with E-state index in [4.69, 9.17) is 0 Å². The molecule has 0 saturated carbocycles. The molecule has 0 fully saturated rings. The van der Waals surface area contributed by atoms with Gasteiger partial charge in [0.25, 0.3) is 0 Å². The highest BCUT2D eigenvalue weighted by Gasteiger charge is 2.65. The van der Waals surface area contributed by atoms with Gasteiger partial charge in [0.2, 0.25) is 0 Å². The van der Waals surface area contributed by atoms with Crippen LogP contribution in [-0.2, 0) is 0 Å². The largest absolute Gasteiger partial charge is 0.306 e. The van der Waals surface area contributed by atoms with Gasteiger partial charge in [-0.3, -0.25) is 0 Å². The summed E-state index contributed by atoms with van der Waals surface area (Å²) in [6.45, 7) is 19.4. The van der Waals surface area contributed by atoms with Crippen molar-refractivity contribution >= 4 is 10.2 Å². The van der Waals surface area contributed by atoms with Crippen LogP contribution >= 0.6 is 10.2 Å². The molecule has 0 heterocycles. The first-order chi connectivity index (χ1) is 9.92. The van der Waals surface area contributed by atoms with Crippen molar-refractivity contribution in [2.45, 2.75) is 68.7 Å². The van der Waals surface area contributed by atoms with Crippen LogP contribution in [0, 0.1) is 0 Å². The molecule has 0 aromatic carbocycles. The third kappa shape index (κ3) is 27.5. The van der Waals surface area contributed by atoms with Crippen LogP contribution in [0.2, 0.25) is 0 Å². The molecule has 0 N–H and O–H groups in total. The predicted octanol–water partition coefficient (Wildman–Crippen LogP) is 9.43. The Labute approximate surface area is 134 Å². The smallest absolute Gasteiger partial charge is 0.0991 e. The van der Waals surface area contributed by atoms with E-state index in [-0.39, 0.29) is 0 Å². The van der Waals surface area contributed by atoms with Crippen LogP contribution in [0.5, 0.6) is 0 Å². The van der Waals surface area contributed by atoms with Crippen LogP contribution in [-0.4, -0.2) is 0 Å². The Kier molecular flexibility index (Phi) is 22.7. The van der Waals surface area contributed by atoms with Gasteiger partial charge in [0.05, 0.1) is 4.91 Å². The van der Waals surface area contributed by atoms with Crippen LogP contribution in [0.1, 0.15) is 68.7 Å². The number of hydrogen-bond donors (Lipinski definition) is 0. The molecule has 0 radical (unpaired) electrons. The quantitative estimate of drug-likeness (QED) is 0.350. The molecule has 22 heavy (non-hydrogen) atoms. The third-order valence-corrected chi connectivity index (χ3v) is 3.01. The van der Waals surface area contributed by atoms with Crippen molar-refractivity contribution < 1.29 is 19.4 Å². The molecule has 0 aliphatic heterocycles. The Morgan fingerprint density at radius 2 is 1.18 bits per heavy atom. The third-order valence-electron chi connectivity index (χ3n) is 1.49. The summed E-state index contributed by atoms with van der Waals surface area (Å²) in [7, 11) is -9.32. The van der Waals surface area contributed by atoms with Crippen molar-refractivity contribution in [1.82, 2.24) is 0 Å². The molecular formula is C16H35F5S. The Morgan fingerprint density at radius 3 is 1.18 bits per heavy atom. The number of rotatable bonds is 3. The highest BCUT2D eigenvalue weighted by atomic mass is 32.5. The molecule has 0 atom stereocenters. The first kappa shape index (κ1) is 33.0. The molecule has 0 nitrogen and oxygen atoms in total. The lowest BCUT2D eigenvalue weighted by atomic mass is 10.4. The van der Waals surface area contributed by atoms with E-state index in [0.717, 1.165) is 13.8 Å². The van der Waals surface area contributed by atoms with Crippen LogP contribution in [0.4, 0.5) is 19.4 Å². The maximum absolute atomic E-state index is 11.8. The van der Waals surface area contributed by atoms with E-state index in [1.807, 2.05) is 60.6 Å². The van der Waals surface area contributed by atoms with E-state index in [1.165, 1.54) is 0 Å². The zero-order chi connectivity index (χ0) is 19.5. The molecule has 0 amide bonds. The minimum Gasteiger partial charge on any atom is -0.0991 e. The van der Waals surface area contributed by atoms with Gasteiger partial charge in [-0.05, 0) is 20.3 Å². The van der Waals surface area contributed by atoms with Crippen LogP contribution < -0.4 is 0 Å². The van der Waals surface area contributed by atoms with Gasteiger partial charge in [0, 0.05) is 0 Å². The summed E-state index contributed by atoms with van der Waals surface area (Å²) in [6, 6.07) is 0. The van der Waals surface area contributed by atoms with Gasteiger partial charge in [-0.1, -0.05) is 98.8 Å².